The van der Waals surface area contributed by atoms with E-state index in [2.05, 4.69) is 20.3 Å². The summed E-state index contributed by atoms with van der Waals surface area (Å²) < 4.78 is 5.75. The number of aromatic nitrogens is 2. The molecule has 1 aliphatic rings. The summed E-state index contributed by atoms with van der Waals surface area (Å²) in [7, 11) is 0. The molecule has 25 heavy (non-hydrogen) atoms. The highest BCUT2D eigenvalue weighted by atomic mass is 16.5. The zero-order valence-electron chi connectivity index (χ0n) is 14.0. The number of nitrogens with one attached hydrogen (secondary N) is 1. The van der Waals surface area contributed by atoms with Crippen molar-refractivity contribution < 1.29 is 4.74 Å². The van der Waals surface area contributed by atoms with E-state index in [1.807, 2.05) is 62.4 Å². The first-order chi connectivity index (χ1) is 12.2. The molecule has 0 atom stereocenters. The van der Waals surface area contributed by atoms with Gasteiger partial charge in [-0.15, -0.1) is 0 Å². The molecule has 0 unspecified atom stereocenters. The molecule has 2 aromatic carbocycles. The average molecular weight is 331 g/mol. The van der Waals surface area contributed by atoms with Crippen molar-refractivity contribution in [3.63, 3.8) is 0 Å². The predicted molar refractivity (Wildman–Crippen MR) is 99.5 cm³/mol. The Labute approximate surface area is 145 Å². The third-order valence-electron chi connectivity index (χ3n) is 3.78. The molecule has 3 aromatic rings. The standard InChI is InChI=1S/C19H17N5O/c1-3-25-15-11-7-10-14-16(15)22-17(13-8-5-4-6-9-13)23-18(14)24-19-20-12(2)21-19/h4-11H,3H2,1-2H3,(H,20,21,22,23,24). The van der Waals surface area contributed by atoms with Crippen molar-refractivity contribution in [3.05, 3.63) is 48.5 Å². The highest BCUT2D eigenvalue weighted by molar-refractivity contribution is 6.14. The first kappa shape index (κ1) is 15.3. The third-order valence-corrected chi connectivity index (χ3v) is 3.78. The van der Waals surface area contributed by atoms with Crippen LogP contribution in [0.5, 0.6) is 5.75 Å². The second kappa shape index (κ2) is 6.32. The quantitative estimate of drug-likeness (QED) is 0.791. The van der Waals surface area contributed by atoms with Crippen LogP contribution in [-0.4, -0.2) is 28.4 Å². The van der Waals surface area contributed by atoms with Gasteiger partial charge in [-0.05, 0) is 26.0 Å². The zero-order valence-corrected chi connectivity index (χ0v) is 14.0. The molecule has 1 N–H and O–H groups in total. The maximum Gasteiger partial charge on any atom is 0.231 e. The van der Waals surface area contributed by atoms with Crippen molar-refractivity contribution in [2.45, 2.75) is 13.8 Å². The molecule has 0 spiro atoms. The van der Waals surface area contributed by atoms with Crippen LogP contribution in [-0.2, 0) is 0 Å². The highest BCUT2D eigenvalue weighted by Crippen LogP contribution is 2.32. The number of guanidine groups is 1. The minimum absolute atomic E-state index is 0.554. The summed E-state index contributed by atoms with van der Waals surface area (Å²) in [5.41, 5.74) is 1.68. The number of para-hydroxylation sites is 1. The van der Waals surface area contributed by atoms with Crippen LogP contribution in [0, 0.1) is 0 Å². The number of hydrogen-bond acceptors (Lipinski definition) is 4. The van der Waals surface area contributed by atoms with Crippen LogP contribution in [0.3, 0.4) is 0 Å². The topological polar surface area (TPSA) is 71.8 Å². The molecule has 0 bridgehead atoms. The van der Waals surface area contributed by atoms with Crippen molar-refractivity contribution in [2.24, 2.45) is 9.98 Å². The van der Waals surface area contributed by atoms with E-state index in [-0.39, 0.29) is 0 Å². The van der Waals surface area contributed by atoms with Crippen LogP contribution in [0.2, 0.25) is 0 Å². The molecule has 4 rings (SSSR count). The first-order valence-electron chi connectivity index (χ1n) is 8.14. The van der Waals surface area contributed by atoms with Crippen molar-refractivity contribution in [1.82, 2.24) is 15.3 Å². The van der Waals surface area contributed by atoms with Gasteiger partial charge in [0.2, 0.25) is 5.96 Å². The number of aliphatic imine (C=N–C) groups is 2. The van der Waals surface area contributed by atoms with Gasteiger partial charge < -0.3 is 10.1 Å². The second-order valence-corrected chi connectivity index (χ2v) is 5.58. The molecule has 1 aromatic heterocycles. The highest BCUT2D eigenvalue weighted by Gasteiger charge is 2.15. The van der Waals surface area contributed by atoms with Crippen LogP contribution in [0.4, 0.5) is 5.82 Å². The van der Waals surface area contributed by atoms with Crippen molar-refractivity contribution in [2.75, 3.05) is 6.61 Å². The summed E-state index contributed by atoms with van der Waals surface area (Å²) in [6.45, 7) is 4.41. The molecule has 6 nitrogen and oxygen atoms in total. The van der Waals surface area contributed by atoms with Gasteiger partial charge in [-0.3, -0.25) is 0 Å². The zero-order chi connectivity index (χ0) is 17.2. The summed E-state index contributed by atoms with van der Waals surface area (Å²) in [6, 6.07) is 15.6. The lowest BCUT2D eigenvalue weighted by molar-refractivity contribution is 0.343. The molecule has 0 fully saturated rings. The van der Waals surface area contributed by atoms with Crippen LogP contribution in [0.1, 0.15) is 13.8 Å². The van der Waals surface area contributed by atoms with E-state index in [0.29, 0.717) is 24.2 Å². The minimum atomic E-state index is 0.554. The normalized spacial score (nSPS) is 14.8. The van der Waals surface area contributed by atoms with E-state index in [1.165, 1.54) is 0 Å². The number of rotatable bonds is 4. The van der Waals surface area contributed by atoms with E-state index in [1.54, 1.807) is 0 Å². The SMILES string of the molecule is CCOc1cccc2c(N=C3N=C(C)N3)nc(-c3ccccc3)nc12. The van der Waals surface area contributed by atoms with Gasteiger partial charge in [0.05, 0.1) is 6.61 Å². The summed E-state index contributed by atoms with van der Waals surface area (Å²) in [5, 5.41) is 3.90. The lowest BCUT2D eigenvalue weighted by atomic mass is 10.1. The Morgan fingerprint density at radius 2 is 1.84 bits per heavy atom. The van der Waals surface area contributed by atoms with Gasteiger partial charge in [0, 0.05) is 10.9 Å². The monoisotopic (exact) mass is 331 g/mol. The molecule has 0 saturated heterocycles. The first-order valence-corrected chi connectivity index (χ1v) is 8.14. The number of ether oxygens (including phenoxy) is 1. The summed E-state index contributed by atoms with van der Waals surface area (Å²) in [5.74, 6) is 3.31. The van der Waals surface area contributed by atoms with Gasteiger partial charge in [-0.2, -0.15) is 9.98 Å². The molecule has 0 amide bonds. The van der Waals surface area contributed by atoms with Crippen LogP contribution >= 0.6 is 0 Å². The van der Waals surface area contributed by atoms with E-state index in [9.17, 15) is 0 Å². The fourth-order valence-electron chi connectivity index (χ4n) is 2.66. The molecule has 124 valence electrons. The fraction of sp³-hybridized carbons (Fsp3) is 0.158. The molecule has 2 heterocycles. The lowest BCUT2D eigenvalue weighted by Crippen LogP contribution is -2.37. The summed E-state index contributed by atoms with van der Waals surface area (Å²) in [4.78, 5) is 18.2. The fourth-order valence-corrected chi connectivity index (χ4v) is 2.66. The average Bonchev–Trinajstić information content (AvgIpc) is 2.62. The van der Waals surface area contributed by atoms with E-state index < -0.39 is 0 Å². The van der Waals surface area contributed by atoms with E-state index >= 15 is 0 Å². The van der Waals surface area contributed by atoms with Crippen molar-refractivity contribution in [3.8, 4) is 17.1 Å². The maximum absolute atomic E-state index is 5.75. The minimum Gasteiger partial charge on any atom is -0.492 e. The summed E-state index contributed by atoms with van der Waals surface area (Å²) >= 11 is 0. The molecular formula is C19H17N5O. The van der Waals surface area contributed by atoms with Gasteiger partial charge in [-0.1, -0.05) is 36.4 Å². The Kier molecular flexibility index (Phi) is 3.85. The van der Waals surface area contributed by atoms with E-state index in [0.717, 1.165) is 28.1 Å². The molecule has 0 aliphatic carbocycles. The number of fused-ring (bicyclic) bond motifs is 1. The summed E-state index contributed by atoms with van der Waals surface area (Å²) in [6.07, 6.45) is 0. The molecule has 0 saturated carbocycles. The number of amidine groups is 1. The Hall–Kier alpha value is -3.28. The smallest absolute Gasteiger partial charge is 0.231 e. The number of hydrogen-bond donors (Lipinski definition) is 1. The third kappa shape index (κ3) is 2.94. The van der Waals surface area contributed by atoms with Crippen molar-refractivity contribution >= 4 is 28.5 Å². The van der Waals surface area contributed by atoms with Crippen LogP contribution in [0.25, 0.3) is 22.3 Å². The molecule has 1 aliphatic heterocycles. The van der Waals surface area contributed by atoms with Gasteiger partial charge in [0.25, 0.3) is 0 Å². The molecule has 0 radical (unpaired) electrons. The molecular weight excluding hydrogens is 314 g/mol. The van der Waals surface area contributed by atoms with Crippen LogP contribution in [0.15, 0.2) is 58.5 Å². The maximum atomic E-state index is 5.75. The van der Waals surface area contributed by atoms with E-state index in [4.69, 9.17) is 9.72 Å². The Balaban J connectivity index is 1.95. The number of benzene rings is 2. The van der Waals surface area contributed by atoms with Gasteiger partial charge >= 0.3 is 0 Å². The molecule has 6 heteroatoms. The lowest BCUT2D eigenvalue weighted by Gasteiger charge is -2.15. The van der Waals surface area contributed by atoms with Gasteiger partial charge in [-0.25, -0.2) is 9.97 Å². The van der Waals surface area contributed by atoms with Gasteiger partial charge in [0.15, 0.2) is 11.6 Å². The van der Waals surface area contributed by atoms with Crippen LogP contribution < -0.4 is 10.1 Å². The largest absolute Gasteiger partial charge is 0.492 e. The second-order valence-electron chi connectivity index (χ2n) is 5.58. The van der Waals surface area contributed by atoms with Gasteiger partial charge in [0.1, 0.15) is 17.1 Å². The Morgan fingerprint density at radius 1 is 1.04 bits per heavy atom. The Bertz CT molecular complexity index is 995. The van der Waals surface area contributed by atoms with Crippen molar-refractivity contribution in [1.29, 1.82) is 0 Å². The Morgan fingerprint density at radius 3 is 2.56 bits per heavy atom. The number of nitrogens with zero attached hydrogens (tertiary/aromatic N) is 4. The predicted octanol–water partition coefficient (Wildman–Crippen LogP) is 3.70.